The summed E-state index contributed by atoms with van der Waals surface area (Å²) in [5.74, 6) is 0.272. The van der Waals surface area contributed by atoms with Gasteiger partial charge in [0.2, 0.25) is 5.91 Å². The molecule has 0 spiro atoms. The van der Waals surface area contributed by atoms with E-state index in [0.29, 0.717) is 12.8 Å². The topological polar surface area (TPSA) is 66.8 Å². The number of nitrogens with zero attached hydrogens (tertiary/aromatic N) is 1. The van der Waals surface area contributed by atoms with E-state index in [1.165, 1.54) is 25.5 Å². The van der Waals surface area contributed by atoms with Gasteiger partial charge < -0.3 is 14.7 Å². The van der Waals surface area contributed by atoms with Crippen LogP contribution in [0.5, 0.6) is 0 Å². The second-order valence-electron chi connectivity index (χ2n) is 9.37. The lowest BCUT2D eigenvalue weighted by molar-refractivity contribution is -0.140. The summed E-state index contributed by atoms with van der Waals surface area (Å²) in [5.41, 5.74) is 1.39. The number of hydrogen-bond acceptors (Lipinski definition) is 4. The number of amides is 1. The van der Waals surface area contributed by atoms with Crippen LogP contribution >= 0.6 is 0 Å². The molecule has 5 nitrogen and oxygen atoms in total. The number of aryl methyl sites for hydroxylation is 1. The van der Waals surface area contributed by atoms with Gasteiger partial charge in [-0.3, -0.25) is 9.59 Å². The van der Waals surface area contributed by atoms with Crippen molar-refractivity contribution in [3.63, 3.8) is 0 Å². The number of carbonyl (C=O) groups is 2. The maximum Gasteiger partial charge on any atom is 0.305 e. The zero-order valence-corrected chi connectivity index (χ0v) is 20.6. The number of ether oxygens (including phenoxy) is 1. The molecular weight excluding hydrogens is 414 g/mol. The van der Waals surface area contributed by atoms with Crippen molar-refractivity contribution in [2.45, 2.75) is 96.1 Å². The van der Waals surface area contributed by atoms with Crippen molar-refractivity contribution >= 4 is 11.9 Å². The molecule has 1 amide bonds. The standard InChI is InChI=1S/C28H43NO4/c1-23(13-7-5-8-14-24-15-9-6-10-16-24)26(30)20-18-25-19-21-27(31)29(25)22-12-4-3-11-17-28(32)33-2/h6,9-10,15-16,18,20,23,25-26,30H,3-5,7-8,11-14,17,19,21-22H2,1-2H3/t23-,25-,26-/m0/s1. The molecule has 1 aliphatic heterocycles. The molecule has 0 aliphatic carbocycles. The van der Waals surface area contributed by atoms with E-state index in [9.17, 15) is 14.7 Å². The van der Waals surface area contributed by atoms with Crippen molar-refractivity contribution in [2.75, 3.05) is 13.7 Å². The first-order valence-electron chi connectivity index (χ1n) is 12.8. The number of likely N-dealkylation sites (tertiary alicyclic amines) is 1. The van der Waals surface area contributed by atoms with Gasteiger partial charge in [0, 0.05) is 19.4 Å². The summed E-state index contributed by atoms with van der Waals surface area (Å²) >= 11 is 0. The highest BCUT2D eigenvalue weighted by atomic mass is 16.5. The molecule has 1 aliphatic rings. The molecule has 0 unspecified atom stereocenters. The third-order valence-electron chi connectivity index (χ3n) is 6.71. The van der Waals surface area contributed by atoms with Gasteiger partial charge in [0.25, 0.3) is 0 Å². The van der Waals surface area contributed by atoms with Crippen LogP contribution in [0.15, 0.2) is 42.5 Å². The van der Waals surface area contributed by atoms with Crippen LogP contribution in [0.4, 0.5) is 0 Å². The van der Waals surface area contributed by atoms with Gasteiger partial charge in [-0.1, -0.05) is 75.1 Å². The quantitative estimate of drug-likeness (QED) is 0.203. The highest BCUT2D eigenvalue weighted by molar-refractivity contribution is 5.79. The van der Waals surface area contributed by atoms with E-state index < -0.39 is 6.10 Å². The van der Waals surface area contributed by atoms with Gasteiger partial charge in [-0.25, -0.2) is 0 Å². The van der Waals surface area contributed by atoms with E-state index in [0.717, 1.165) is 57.9 Å². The van der Waals surface area contributed by atoms with Gasteiger partial charge in [-0.15, -0.1) is 0 Å². The Morgan fingerprint density at radius 2 is 1.85 bits per heavy atom. The highest BCUT2D eigenvalue weighted by Gasteiger charge is 2.28. The second kappa shape index (κ2) is 15.7. The summed E-state index contributed by atoms with van der Waals surface area (Å²) < 4.78 is 4.66. The molecule has 1 saturated heterocycles. The molecule has 1 aromatic rings. The number of hydrogen-bond donors (Lipinski definition) is 1. The molecular formula is C28H43NO4. The first kappa shape index (κ1) is 27.1. The number of aliphatic hydroxyl groups is 1. The van der Waals surface area contributed by atoms with Crippen molar-refractivity contribution in [1.82, 2.24) is 4.90 Å². The highest BCUT2D eigenvalue weighted by Crippen LogP contribution is 2.22. The molecule has 1 fully saturated rings. The zero-order chi connectivity index (χ0) is 23.9. The first-order valence-corrected chi connectivity index (χ1v) is 12.8. The lowest BCUT2D eigenvalue weighted by Crippen LogP contribution is -2.33. The minimum absolute atomic E-state index is 0.0975. The molecule has 0 aromatic heterocycles. The molecule has 1 aromatic carbocycles. The van der Waals surface area contributed by atoms with Gasteiger partial charge >= 0.3 is 5.97 Å². The van der Waals surface area contributed by atoms with Crippen molar-refractivity contribution in [3.05, 3.63) is 48.0 Å². The molecule has 33 heavy (non-hydrogen) atoms. The Morgan fingerprint density at radius 3 is 2.61 bits per heavy atom. The summed E-state index contributed by atoms with van der Waals surface area (Å²) in [6, 6.07) is 10.7. The average molecular weight is 458 g/mol. The Labute approximate surface area is 200 Å². The van der Waals surface area contributed by atoms with E-state index in [4.69, 9.17) is 0 Å². The third-order valence-corrected chi connectivity index (χ3v) is 6.71. The summed E-state index contributed by atoms with van der Waals surface area (Å²) in [6.07, 6.45) is 14.7. The molecule has 1 heterocycles. The molecule has 0 bridgehead atoms. The predicted molar refractivity (Wildman–Crippen MR) is 133 cm³/mol. The SMILES string of the molecule is COC(=O)CCCCCCN1C(=O)CC[C@@H]1C=C[C@H](O)[C@@H](C)CCCCCc1ccccc1. The normalized spacial score (nSPS) is 18.1. The van der Waals surface area contributed by atoms with Gasteiger partial charge in [0.15, 0.2) is 0 Å². The Morgan fingerprint density at radius 1 is 1.12 bits per heavy atom. The minimum Gasteiger partial charge on any atom is -0.469 e. The second-order valence-corrected chi connectivity index (χ2v) is 9.37. The Hall–Kier alpha value is -2.14. The first-order chi connectivity index (χ1) is 16.0. The van der Waals surface area contributed by atoms with Crippen molar-refractivity contribution in [2.24, 2.45) is 5.92 Å². The number of methoxy groups -OCH3 is 1. The fraction of sp³-hybridized carbons (Fsp3) is 0.643. The summed E-state index contributed by atoms with van der Waals surface area (Å²) in [4.78, 5) is 25.4. The summed E-state index contributed by atoms with van der Waals surface area (Å²) in [5, 5.41) is 10.6. The van der Waals surface area contributed by atoms with Gasteiger partial charge in [-0.2, -0.15) is 0 Å². The molecule has 3 atom stereocenters. The summed E-state index contributed by atoms with van der Waals surface area (Å²) in [6.45, 7) is 2.86. The van der Waals surface area contributed by atoms with Crippen LogP contribution in [0, 0.1) is 5.92 Å². The van der Waals surface area contributed by atoms with E-state index >= 15 is 0 Å². The Balaban J connectivity index is 1.62. The van der Waals surface area contributed by atoms with Crippen LogP contribution in [-0.2, 0) is 20.7 Å². The van der Waals surface area contributed by atoms with Crippen LogP contribution < -0.4 is 0 Å². The van der Waals surface area contributed by atoms with E-state index in [1.54, 1.807) is 0 Å². The van der Waals surface area contributed by atoms with Gasteiger partial charge in [-0.05, 0) is 50.0 Å². The lowest BCUT2D eigenvalue weighted by atomic mass is 9.95. The molecule has 184 valence electrons. The number of benzene rings is 1. The molecule has 1 N–H and O–H groups in total. The molecule has 0 radical (unpaired) electrons. The fourth-order valence-electron chi connectivity index (χ4n) is 4.47. The van der Waals surface area contributed by atoms with Crippen LogP contribution in [0.2, 0.25) is 0 Å². The van der Waals surface area contributed by atoms with Gasteiger partial charge in [0.05, 0.1) is 19.3 Å². The number of unbranched alkanes of at least 4 members (excludes halogenated alkanes) is 5. The van der Waals surface area contributed by atoms with E-state index in [-0.39, 0.29) is 23.8 Å². The van der Waals surface area contributed by atoms with Gasteiger partial charge in [0.1, 0.15) is 0 Å². The van der Waals surface area contributed by atoms with Crippen molar-refractivity contribution in [3.8, 4) is 0 Å². The van der Waals surface area contributed by atoms with Crippen LogP contribution in [0.25, 0.3) is 0 Å². The van der Waals surface area contributed by atoms with Crippen molar-refractivity contribution in [1.29, 1.82) is 0 Å². The van der Waals surface area contributed by atoms with E-state index in [1.807, 2.05) is 17.1 Å². The number of rotatable bonds is 16. The monoisotopic (exact) mass is 457 g/mol. The molecule has 0 saturated carbocycles. The third kappa shape index (κ3) is 10.6. The Bertz CT molecular complexity index is 718. The Kier molecular flexibility index (Phi) is 12.9. The van der Waals surface area contributed by atoms with Crippen molar-refractivity contribution < 1.29 is 19.4 Å². The molecule has 5 heteroatoms. The maximum atomic E-state index is 12.3. The largest absolute Gasteiger partial charge is 0.469 e. The predicted octanol–water partition coefficient (Wildman–Crippen LogP) is 5.46. The number of carbonyl (C=O) groups excluding carboxylic acids is 2. The van der Waals surface area contributed by atoms with Crippen LogP contribution in [-0.4, -0.2) is 47.7 Å². The number of aliphatic hydroxyl groups excluding tert-OH is 1. The van der Waals surface area contributed by atoms with Crippen LogP contribution in [0.1, 0.15) is 83.1 Å². The minimum atomic E-state index is -0.463. The fourth-order valence-corrected chi connectivity index (χ4v) is 4.47. The zero-order valence-electron chi connectivity index (χ0n) is 20.6. The van der Waals surface area contributed by atoms with Crippen LogP contribution in [0.3, 0.4) is 0 Å². The maximum absolute atomic E-state index is 12.3. The summed E-state index contributed by atoms with van der Waals surface area (Å²) in [7, 11) is 1.42. The number of esters is 1. The average Bonchev–Trinajstić information content (AvgIpc) is 3.18. The molecule has 2 rings (SSSR count). The smallest absolute Gasteiger partial charge is 0.305 e. The lowest BCUT2D eigenvalue weighted by Gasteiger charge is -2.23. The van der Waals surface area contributed by atoms with E-state index in [2.05, 4.69) is 42.0 Å².